The van der Waals surface area contributed by atoms with E-state index in [1.54, 1.807) is 0 Å². The molecule has 1 heterocycles. The Bertz CT molecular complexity index is 409. The van der Waals surface area contributed by atoms with Gasteiger partial charge in [-0.15, -0.1) is 0 Å². The van der Waals surface area contributed by atoms with E-state index in [0.29, 0.717) is 0 Å². The zero-order valence-electron chi connectivity index (χ0n) is 13.0. The first-order chi connectivity index (χ1) is 10.6. The van der Waals surface area contributed by atoms with E-state index in [1.807, 2.05) is 12.5 Å². The maximum absolute atomic E-state index is 9.64. The van der Waals surface area contributed by atoms with Crippen LogP contribution in [0.3, 0.4) is 0 Å². The average Bonchev–Trinajstić information content (AvgIpc) is 2.93. The lowest BCUT2D eigenvalue weighted by molar-refractivity contribution is -0.143. The Morgan fingerprint density at radius 2 is 1.55 bits per heavy atom. The lowest BCUT2D eigenvalue weighted by Crippen LogP contribution is -2.11. The summed E-state index contributed by atoms with van der Waals surface area (Å²) in [7, 11) is 0. The lowest BCUT2D eigenvalue weighted by Gasteiger charge is -2.19. The molecule has 1 saturated carbocycles. The Kier molecular flexibility index (Phi) is 8.95. The molecule has 0 radical (unpaired) electrons. The highest BCUT2D eigenvalue weighted by Gasteiger charge is 2.11. The molecule has 1 fully saturated rings. The van der Waals surface area contributed by atoms with Gasteiger partial charge in [0.15, 0.2) is 0 Å². The van der Waals surface area contributed by atoms with Crippen LogP contribution in [0.1, 0.15) is 57.8 Å². The molecule has 1 aromatic rings. The van der Waals surface area contributed by atoms with Crippen LogP contribution in [0.15, 0.2) is 18.7 Å². The third-order valence-corrected chi connectivity index (χ3v) is 3.81. The van der Waals surface area contributed by atoms with Crippen molar-refractivity contribution in [3.63, 3.8) is 0 Å². The Balaban J connectivity index is 0.000000261. The molecule has 0 aromatic carbocycles. The number of carbonyl (C=O) groups is 2. The average molecular weight is 310 g/mol. The second-order valence-corrected chi connectivity index (χ2v) is 5.76. The normalized spacial score (nSPS) is 16.0. The molecule has 0 saturated heterocycles. The molecule has 0 amide bonds. The minimum Gasteiger partial charge on any atom is -0.481 e. The van der Waals surface area contributed by atoms with Crippen LogP contribution in [0.5, 0.6) is 0 Å². The van der Waals surface area contributed by atoms with Crippen molar-refractivity contribution in [2.24, 2.45) is 5.92 Å². The standard InChI is InChI=1S/C12H20N2.C4H6O4/c1-2-4-6-12(7-5-3-1)10-14-9-8-13-11-14;5-3(6)1-2-4(7)8/h8-9,11-12H,1-7,10H2;1-2H2,(H,5,6)(H,7,8). The molecule has 22 heavy (non-hydrogen) atoms. The summed E-state index contributed by atoms with van der Waals surface area (Å²) in [5.74, 6) is -1.26. The van der Waals surface area contributed by atoms with Gasteiger partial charge in [-0.3, -0.25) is 9.59 Å². The van der Waals surface area contributed by atoms with Crippen molar-refractivity contribution < 1.29 is 19.8 Å². The van der Waals surface area contributed by atoms with E-state index in [1.165, 1.54) is 51.5 Å². The highest BCUT2D eigenvalue weighted by Crippen LogP contribution is 2.23. The number of hydrogen-bond donors (Lipinski definition) is 2. The van der Waals surface area contributed by atoms with Gasteiger partial charge in [-0.05, 0) is 18.8 Å². The van der Waals surface area contributed by atoms with E-state index in [0.717, 1.165) is 5.92 Å². The first kappa shape index (κ1) is 18.2. The zero-order valence-corrected chi connectivity index (χ0v) is 13.0. The van der Waals surface area contributed by atoms with E-state index in [2.05, 4.69) is 15.7 Å². The number of aliphatic carboxylic acids is 2. The van der Waals surface area contributed by atoms with Crippen molar-refractivity contribution in [3.8, 4) is 0 Å². The molecule has 6 heteroatoms. The van der Waals surface area contributed by atoms with Gasteiger partial charge in [-0.25, -0.2) is 4.98 Å². The molecule has 1 aliphatic carbocycles. The number of carboxylic acid groups (broad SMARTS) is 2. The maximum Gasteiger partial charge on any atom is 0.303 e. The van der Waals surface area contributed by atoms with Crippen LogP contribution >= 0.6 is 0 Å². The Morgan fingerprint density at radius 1 is 1.00 bits per heavy atom. The number of rotatable bonds is 5. The van der Waals surface area contributed by atoms with Crippen LogP contribution in [0.2, 0.25) is 0 Å². The Morgan fingerprint density at radius 3 is 2.00 bits per heavy atom. The maximum atomic E-state index is 9.64. The van der Waals surface area contributed by atoms with Gasteiger partial charge in [0.2, 0.25) is 0 Å². The van der Waals surface area contributed by atoms with Crippen molar-refractivity contribution in [1.82, 2.24) is 9.55 Å². The molecule has 2 rings (SSSR count). The van der Waals surface area contributed by atoms with Gasteiger partial charge in [0.25, 0.3) is 0 Å². The smallest absolute Gasteiger partial charge is 0.303 e. The van der Waals surface area contributed by atoms with Crippen LogP contribution in [0.4, 0.5) is 0 Å². The van der Waals surface area contributed by atoms with Crippen LogP contribution < -0.4 is 0 Å². The summed E-state index contributed by atoms with van der Waals surface area (Å²) >= 11 is 0. The summed E-state index contributed by atoms with van der Waals surface area (Å²) in [6, 6.07) is 0. The van der Waals surface area contributed by atoms with Gasteiger partial charge in [0.1, 0.15) is 0 Å². The van der Waals surface area contributed by atoms with Crippen LogP contribution in [-0.2, 0) is 16.1 Å². The molecule has 0 spiro atoms. The Labute approximate surface area is 131 Å². The molecule has 124 valence electrons. The van der Waals surface area contributed by atoms with Crippen molar-refractivity contribution >= 4 is 11.9 Å². The van der Waals surface area contributed by atoms with E-state index in [-0.39, 0.29) is 12.8 Å². The van der Waals surface area contributed by atoms with Crippen molar-refractivity contribution in [2.75, 3.05) is 0 Å². The molecular weight excluding hydrogens is 284 g/mol. The molecule has 0 unspecified atom stereocenters. The van der Waals surface area contributed by atoms with Gasteiger partial charge in [0, 0.05) is 18.9 Å². The summed E-state index contributed by atoms with van der Waals surface area (Å²) < 4.78 is 2.23. The van der Waals surface area contributed by atoms with Crippen molar-refractivity contribution in [3.05, 3.63) is 18.7 Å². The number of aromatic nitrogens is 2. The van der Waals surface area contributed by atoms with Gasteiger partial charge < -0.3 is 14.8 Å². The molecule has 0 bridgehead atoms. The number of imidazole rings is 1. The summed E-state index contributed by atoms with van der Waals surface area (Å²) in [5.41, 5.74) is 0. The van der Waals surface area contributed by atoms with Crippen molar-refractivity contribution in [2.45, 2.75) is 64.3 Å². The Hall–Kier alpha value is -1.85. The van der Waals surface area contributed by atoms with Gasteiger partial charge in [0.05, 0.1) is 19.2 Å². The molecular formula is C16H26N2O4. The summed E-state index contributed by atoms with van der Waals surface area (Å²) in [5, 5.41) is 15.8. The predicted molar refractivity (Wildman–Crippen MR) is 82.5 cm³/mol. The van der Waals surface area contributed by atoms with Gasteiger partial charge >= 0.3 is 11.9 Å². The quantitative estimate of drug-likeness (QED) is 0.871. The fraction of sp³-hybridized carbons (Fsp3) is 0.688. The topological polar surface area (TPSA) is 92.4 Å². The van der Waals surface area contributed by atoms with Crippen LogP contribution in [-0.4, -0.2) is 31.7 Å². The molecule has 1 aromatic heterocycles. The first-order valence-corrected chi connectivity index (χ1v) is 7.97. The SMILES string of the molecule is O=C(O)CCC(=O)O.c1cn(CC2CCCCCCC2)cn1. The van der Waals surface area contributed by atoms with E-state index in [4.69, 9.17) is 10.2 Å². The molecule has 0 atom stereocenters. The van der Waals surface area contributed by atoms with E-state index < -0.39 is 11.9 Å². The second-order valence-electron chi connectivity index (χ2n) is 5.76. The molecule has 6 nitrogen and oxygen atoms in total. The third kappa shape index (κ3) is 9.15. The first-order valence-electron chi connectivity index (χ1n) is 7.97. The largest absolute Gasteiger partial charge is 0.481 e. The van der Waals surface area contributed by atoms with Gasteiger partial charge in [-0.1, -0.05) is 32.1 Å². The van der Waals surface area contributed by atoms with E-state index in [9.17, 15) is 9.59 Å². The monoisotopic (exact) mass is 310 g/mol. The highest BCUT2D eigenvalue weighted by atomic mass is 16.4. The third-order valence-electron chi connectivity index (χ3n) is 3.81. The van der Waals surface area contributed by atoms with Crippen molar-refractivity contribution in [1.29, 1.82) is 0 Å². The minimum atomic E-state index is -1.08. The minimum absolute atomic E-state index is 0.296. The molecule has 2 N–H and O–H groups in total. The fourth-order valence-electron chi connectivity index (χ4n) is 2.63. The predicted octanol–water partition coefficient (Wildman–Crippen LogP) is 3.18. The zero-order chi connectivity index (χ0) is 16.2. The number of hydrogen-bond acceptors (Lipinski definition) is 3. The molecule has 0 aliphatic heterocycles. The summed E-state index contributed by atoms with van der Waals surface area (Å²) in [4.78, 5) is 23.4. The number of carboxylic acids is 2. The summed E-state index contributed by atoms with van der Waals surface area (Å²) in [6.45, 7) is 1.18. The van der Waals surface area contributed by atoms with Crippen LogP contribution in [0, 0.1) is 5.92 Å². The second kappa shape index (κ2) is 10.8. The lowest BCUT2D eigenvalue weighted by atomic mass is 9.91. The van der Waals surface area contributed by atoms with Crippen LogP contribution in [0.25, 0.3) is 0 Å². The number of nitrogens with zero attached hydrogens (tertiary/aromatic N) is 2. The van der Waals surface area contributed by atoms with E-state index >= 15 is 0 Å². The fourth-order valence-corrected chi connectivity index (χ4v) is 2.63. The molecule has 1 aliphatic rings. The summed E-state index contributed by atoms with van der Waals surface area (Å²) in [6.07, 6.45) is 15.3. The highest BCUT2D eigenvalue weighted by molar-refractivity contribution is 5.75. The van der Waals surface area contributed by atoms with Gasteiger partial charge in [-0.2, -0.15) is 0 Å².